The van der Waals surface area contributed by atoms with Gasteiger partial charge >= 0.3 is 12.4 Å². The van der Waals surface area contributed by atoms with E-state index in [0.29, 0.717) is 13.1 Å². The molecular weight excluding hydrogens is 448 g/mol. The Hall–Kier alpha value is -2.69. The van der Waals surface area contributed by atoms with E-state index < -0.39 is 29.7 Å². The fourth-order valence-corrected chi connectivity index (χ4v) is 3.27. The summed E-state index contributed by atoms with van der Waals surface area (Å²) >= 11 is 0. The summed E-state index contributed by atoms with van der Waals surface area (Å²) < 4.78 is 78.3. The maximum Gasteiger partial charge on any atom is 0.433 e. The van der Waals surface area contributed by atoms with E-state index >= 15 is 0 Å². The van der Waals surface area contributed by atoms with Crippen molar-refractivity contribution in [2.45, 2.75) is 24.9 Å². The van der Waals surface area contributed by atoms with Crippen LogP contribution < -0.4 is 10.6 Å². The van der Waals surface area contributed by atoms with Gasteiger partial charge in [0.25, 0.3) is 0 Å². The van der Waals surface area contributed by atoms with Crippen LogP contribution in [0.15, 0.2) is 60.2 Å². The van der Waals surface area contributed by atoms with Gasteiger partial charge in [0.05, 0.1) is 17.4 Å². The van der Waals surface area contributed by atoms with E-state index in [4.69, 9.17) is 0 Å². The first-order valence-electron chi connectivity index (χ1n) is 10.2. The molecule has 1 aliphatic rings. The number of rotatable bonds is 9. The maximum absolute atomic E-state index is 13.3. The minimum atomic E-state index is -4.78. The Balaban J connectivity index is 1.66. The Bertz CT molecular complexity index is 997. The molecule has 2 aromatic rings. The number of benzene rings is 1. The highest BCUT2D eigenvalue weighted by atomic mass is 19.4. The monoisotopic (exact) mass is 471 g/mol. The molecule has 4 nitrogen and oxygen atoms in total. The fraction of sp³-hybridized carbons (Fsp3) is 0.348. The zero-order valence-electron chi connectivity index (χ0n) is 17.5. The summed E-state index contributed by atoms with van der Waals surface area (Å²) in [5, 5.41) is 16.6. The number of halogens is 6. The highest BCUT2D eigenvalue weighted by Crippen LogP contribution is 2.34. The van der Waals surface area contributed by atoms with Crippen LogP contribution in [0.25, 0.3) is 11.3 Å². The molecule has 0 fully saturated rings. The van der Waals surface area contributed by atoms with E-state index in [9.17, 15) is 31.4 Å². The van der Waals surface area contributed by atoms with Crippen LogP contribution in [0.4, 0.5) is 26.3 Å². The van der Waals surface area contributed by atoms with Gasteiger partial charge in [-0.05, 0) is 36.2 Å². The van der Waals surface area contributed by atoms with Crippen molar-refractivity contribution in [2.75, 3.05) is 26.2 Å². The molecular formula is C23H23F6N3O. The minimum Gasteiger partial charge on any atom is -0.387 e. The standard InChI is InChI=1S/C23H23F6N3O/c24-22(25,26)18-7-5-16(6-8-18)19-11-17(12-21(32-19)23(27,28)29)20(33)14-31-10-9-30-13-15-3-1-2-4-15/h1-3,5-8,11-12,20,30-31,33H,4,9-10,13-14H2/t20-/m1/s1. The van der Waals surface area contributed by atoms with E-state index in [0.717, 1.165) is 43.3 Å². The molecule has 0 saturated heterocycles. The molecule has 178 valence electrons. The number of aromatic nitrogens is 1. The summed E-state index contributed by atoms with van der Waals surface area (Å²) in [4.78, 5) is 3.55. The fourth-order valence-electron chi connectivity index (χ4n) is 3.27. The van der Waals surface area contributed by atoms with Gasteiger partial charge in [0.1, 0.15) is 5.69 Å². The number of aliphatic hydroxyl groups excluding tert-OH is 1. The molecule has 1 atom stereocenters. The molecule has 3 N–H and O–H groups in total. The van der Waals surface area contributed by atoms with Gasteiger partial charge in [-0.2, -0.15) is 26.3 Å². The average molecular weight is 471 g/mol. The zero-order valence-corrected chi connectivity index (χ0v) is 17.5. The summed E-state index contributed by atoms with van der Waals surface area (Å²) in [6.07, 6.45) is -3.64. The minimum absolute atomic E-state index is 0.000304. The van der Waals surface area contributed by atoms with E-state index in [-0.39, 0.29) is 23.4 Å². The normalized spacial score (nSPS) is 15.1. The topological polar surface area (TPSA) is 57.2 Å². The number of alkyl halides is 6. The third-order valence-electron chi connectivity index (χ3n) is 5.05. The lowest BCUT2D eigenvalue weighted by atomic mass is 10.0. The van der Waals surface area contributed by atoms with Crippen molar-refractivity contribution in [1.29, 1.82) is 0 Å². The molecule has 33 heavy (non-hydrogen) atoms. The molecule has 0 spiro atoms. The lowest BCUT2D eigenvalue weighted by molar-refractivity contribution is -0.141. The average Bonchev–Trinajstić information content (AvgIpc) is 3.28. The first-order chi connectivity index (χ1) is 15.5. The molecule has 10 heteroatoms. The van der Waals surface area contributed by atoms with Crippen molar-refractivity contribution in [1.82, 2.24) is 15.6 Å². The molecule has 0 unspecified atom stereocenters. The number of nitrogens with zero attached hydrogens (tertiary/aromatic N) is 1. The highest BCUT2D eigenvalue weighted by Gasteiger charge is 2.34. The smallest absolute Gasteiger partial charge is 0.387 e. The van der Waals surface area contributed by atoms with Crippen molar-refractivity contribution in [3.63, 3.8) is 0 Å². The number of allylic oxidation sites excluding steroid dienone is 3. The van der Waals surface area contributed by atoms with E-state index in [2.05, 4.69) is 21.7 Å². The van der Waals surface area contributed by atoms with Gasteiger partial charge in [-0.25, -0.2) is 4.98 Å². The van der Waals surface area contributed by atoms with E-state index in [1.165, 1.54) is 11.6 Å². The molecule has 1 heterocycles. The number of hydrogen-bond acceptors (Lipinski definition) is 4. The van der Waals surface area contributed by atoms with Crippen molar-refractivity contribution in [3.05, 3.63) is 77.0 Å². The predicted octanol–water partition coefficient (Wildman–Crippen LogP) is 4.89. The number of aliphatic hydroxyl groups is 1. The summed E-state index contributed by atoms with van der Waals surface area (Å²) in [5.41, 5.74) is -1.02. The van der Waals surface area contributed by atoms with Gasteiger partial charge in [-0.1, -0.05) is 35.9 Å². The quantitative estimate of drug-likeness (QED) is 0.360. The first kappa shape index (κ1) is 24.9. The number of hydrogen-bond donors (Lipinski definition) is 3. The number of nitrogens with one attached hydrogen (secondary N) is 2. The Morgan fingerprint density at radius 1 is 0.939 bits per heavy atom. The summed E-state index contributed by atoms with van der Waals surface area (Å²) in [6, 6.07) is 5.67. The van der Waals surface area contributed by atoms with Crippen molar-refractivity contribution in [2.24, 2.45) is 0 Å². The lowest BCUT2D eigenvalue weighted by Gasteiger charge is -2.16. The third kappa shape index (κ3) is 7.15. The van der Waals surface area contributed by atoms with Crippen LogP contribution in [0, 0.1) is 0 Å². The van der Waals surface area contributed by atoms with Crippen LogP contribution >= 0.6 is 0 Å². The summed E-state index contributed by atoms with van der Waals surface area (Å²) in [6.45, 7) is 1.82. The van der Waals surface area contributed by atoms with E-state index in [1.54, 1.807) is 0 Å². The molecule has 0 radical (unpaired) electrons. The second kappa shape index (κ2) is 10.5. The van der Waals surface area contributed by atoms with Crippen LogP contribution in [0.1, 0.15) is 29.3 Å². The van der Waals surface area contributed by atoms with Crippen LogP contribution in [0.3, 0.4) is 0 Å². The van der Waals surface area contributed by atoms with Crippen molar-refractivity contribution < 1.29 is 31.4 Å². The Kier molecular flexibility index (Phi) is 7.93. The Morgan fingerprint density at radius 3 is 2.24 bits per heavy atom. The van der Waals surface area contributed by atoms with Crippen molar-refractivity contribution >= 4 is 0 Å². The van der Waals surface area contributed by atoms with Gasteiger partial charge in [-0.15, -0.1) is 0 Å². The summed E-state index contributed by atoms with van der Waals surface area (Å²) in [5.74, 6) is 0. The molecule has 0 saturated carbocycles. The SMILES string of the molecule is O[C@H](CNCCNCC1=CC=CC1)c1cc(-c2ccc(C(F)(F)F)cc2)nc(C(F)(F)F)c1. The van der Waals surface area contributed by atoms with Crippen molar-refractivity contribution in [3.8, 4) is 11.3 Å². The molecule has 0 amide bonds. The van der Waals surface area contributed by atoms with Crippen LogP contribution in [0.2, 0.25) is 0 Å². The Labute approximate surface area is 187 Å². The van der Waals surface area contributed by atoms with Crippen LogP contribution in [-0.2, 0) is 12.4 Å². The largest absolute Gasteiger partial charge is 0.433 e. The predicted molar refractivity (Wildman–Crippen MR) is 112 cm³/mol. The Morgan fingerprint density at radius 2 is 1.64 bits per heavy atom. The van der Waals surface area contributed by atoms with Gasteiger partial charge < -0.3 is 15.7 Å². The van der Waals surface area contributed by atoms with Crippen LogP contribution in [0.5, 0.6) is 0 Å². The third-order valence-corrected chi connectivity index (χ3v) is 5.05. The number of pyridine rings is 1. The molecule has 1 aliphatic carbocycles. The molecule has 1 aromatic heterocycles. The van der Waals surface area contributed by atoms with Gasteiger partial charge in [-0.3, -0.25) is 0 Å². The molecule has 1 aromatic carbocycles. The van der Waals surface area contributed by atoms with E-state index in [1.807, 2.05) is 12.2 Å². The van der Waals surface area contributed by atoms with Gasteiger partial charge in [0, 0.05) is 31.7 Å². The maximum atomic E-state index is 13.3. The van der Waals surface area contributed by atoms with Crippen LogP contribution in [-0.4, -0.2) is 36.3 Å². The first-order valence-corrected chi connectivity index (χ1v) is 10.2. The van der Waals surface area contributed by atoms with Gasteiger partial charge in [0.15, 0.2) is 0 Å². The second-order valence-electron chi connectivity index (χ2n) is 7.60. The lowest BCUT2D eigenvalue weighted by Crippen LogP contribution is -2.31. The molecule has 0 aliphatic heterocycles. The second-order valence-corrected chi connectivity index (χ2v) is 7.60. The highest BCUT2D eigenvalue weighted by molar-refractivity contribution is 5.61. The summed E-state index contributed by atoms with van der Waals surface area (Å²) in [7, 11) is 0. The molecule has 3 rings (SSSR count). The zero-order chi connectivity index (χ0) is 24.1. The molecule has 0 bridgehead atoms. The van der Waals surface area contributed by atoms with Gasteiger partial charge in [0.2, 0.25) is 0 Å².